The number of carbonyl (C=O) groups excluding carboxylic acids is 1. The normalized spacial score (nSPS) is 25.8. The first-order valence-electron chi connectivity index (χ1n) is 3.82. The fraction of sp³-hybridized carbons (Fsp3) is 0.857. The van der Waals surface area contributed by atoms with E-state index >= 15 is 0 Å². The summed E-state index contributed by atoms with van der Waals surface area (Å²) in [7, 11) is 1.79. The lowest BCUT2D eigenvalue weighted by Crippen LogP contribution is -2.46. The molecule has 0 aromatic carbocycles. The zero-order valence-corrected chi connectivity index (χ0v) is 6.75. The number of nitrogens with zero attached hydrogens (tertiary/aromatic N) is 1. The van der Waals surface area contributed by atoms with Crippen LogP contribution >= 0.6 is 0 Å². The first kappa shape index (κ1) is 8.49. The Bertz CT molecular complexity index is 147. The smallest absolute Gasteiger partial charge is 0.251 e. The molecule has 0 spiro atoms. The molecule has 0 saturated carbocycles. The Kier molecular flexibility index (Phi) is 2.84. The second-order valence-corrected chi connectivity index (χ2v) is 2.70. The summed E-state index contributed by atoms with van der Waals surface area (Å²) in [6.07, 6.45) is 0.335. The van der Waals surface area contributed by atoms with Gasteiger partial charge in [0, 0.05) is 13.6 Å². The van der Waals surface area contributed by atoms with Crippen LogP contribution in [0.1, 0.15) is 6.42 Å². The molecule has 1 unspecified atom stereocenters. The van der Waals surface area contributed by atoms with Gasteiger partial charge in [0.2, 0.25) is 0 Å². The number of hydrogen-bond acceptors (Lipinski definition) is 3. The second kappa shape index (κ2) is 3.69. The summed E-state index contributed by atoms with van der Waals surface area (Å²) in [5.74, 6) is 0.0571. The van der Waals surface area contributed by atoms with Crippen molar-refractivity contribution in [1.82, 2.24) is 4.90 Å². The molecule has 1 atom stereocenters. The van der Waals surface area contributed by atoms with Crippen LogP contribution in [0.5, 0.6) is 0 Å². The number of ether oxygens (including phenoxy) is 1. The van der Waals surface area contributed by atoms with E-state index in [2.05, 4.69) is 0 Å². The highest BCUT2D eigenvalue weighted by molar-refractivity contribution is 5.81. The first-order valence-corrected chi connectivity index (χ1v) is 3.82. The van der Waals surface area contributed by atoms with Gasteiger partial charge in [-0.15, -0.1) is 0 Å². The highest BCUT2D eigenvalue weighted by atomic mass is 16.5. The Morgan fingerprint density at radius 3 is 3.18 bits per heavy atom. The maximum atomic E-state index is 11.3. The van der Waals surface area contributed by atoms with Crippen molar-refractivity contribution < 1.29 is 9.53 Å². The lowest BCUT2D eigenvalue weighted by molar-refractivity contribution is -0.151. The highest BCUT2D eigenvalue weighted by Crippen LogP contribution is 2.07. The van der Waals surface area contributed by atoms with Gasteiger partial charge in [0.05, 0.1) is 6.61 Å². The van der Waals surface area contributed by atoms with Gasteiger partial charge in [-0.3, -0.25) is 4.79 Å². The van der Waals surface area contributed by atoms with Crippen molar-refractivity contribution in [2.45, 2.75) is 12.5 Å². The summed E-state index contributed by atoms with van der Waals surface area (Å²) in [5, 5.41) is 0. The van der Waals surface area contributed by atoms with Gasteiger partial charge in [-0.1, -0.05) is 0 Å². The molecule has 0 aliphatic carbocycles. The zero-order valence-electron chi connectivity index (χ0n) is 6.75. The fourth-order valence-corrected chi connectivity index (χ4v) is 1.12. The van der Waals surface area contributed by atoms with Gasteiger partial charge < -0.3 is 15.4 Å². The summed E-state index contributed by atoms with van der Waals surface area (Å²) >= 11 is 0. The van der Waals surface area contributed by atoms with Gasteiger partial charge in [-0.2, -0.15) is 0 Å². The van der Waals surface area contributed by atoms with Gasteiger partial charge in [0.15, 0.2) is 0 Å². The number of likely N-dealkylation sites (N-methyl/N-ethyl adjacent to an activating group) is 1. The molecule has 1 heterocycles. The molecule has 4 nitrogen and oxygen atoms in total. The van der Waals surface area contributed by atoms with E-state index in [1.165, 1.54) is 0 Å². The minimum Gasteiger partial charge on any atom is -0.366 e. The van der Waals surface area contributed by atoms with Gasteiger partial charge in [-0.25, -0.2) is 0 Å². The number of nitrogens with two attached hydrogens (primary N) is 1. The molecule has 1 saturated heterocycles. The van der Waals surface area contributed by atoms with Crippen molar-refractivity contribution in [1.29, 1.82) is 0 Å². The number of hydrogen-bond donors (Lipinski definition) is 1. The maximum absolute atomic E-state index is 11.3. The molecule has 0 bridgehead atoms. The highest BCUT2D eigenvalue weighted by Gasteiger charge is 2.25. The topological polar surface area (TPSA) is 55.6 Å². The Morgan fingerprint density at radius 2 is 2.55 bits per heavy atom. The Balaban J connectivity index is 2.44. The molecule has 4 heteroatoms. The van der Waals surface area contributed by atoms with E-state index in [1.807, 2.05) is 0 Å². The summed E-state index contributed by atoms with van der Waals surface area (Å²) in [4.78, 5) is 12.9. The van der Waals surface area contributed by atoms with E-state index in [1.54, 1.807) is 11.9 Å². The van der Waals surface area contributed by atoms with Crippen LogP contribution < -0.4 is 5.73 Å². The number of carbonyl (C=O) groups is 1. The van der Waals surface area contributed by atoms with Gasteiger partial charge in [0.25, 0.3) is 5.91 Å². The second-order valence-electron chi connectivity index (χ2n) is 2.70. The largest absolute Gasteiger partial charge is 0.366 e. The van der Waals surface area contributed by atoms with Crippen molar-refractivity contribution in [3.63, 3.8) is 0 Å². The molecular weight excluding hydrogens is 144 g/mol. The van der Waals surface area contributed by atoms with Crippen molar-refractivity contribution in [3.8, 4) is 0 Å². The molecule has 0 aromatic rings. The monoisotopic (exact) mass is 158 g/mol. The van der Waals surface area contributed by atoms with Crippen LogP contribution in [0.4, 0.5) is 0 Å². The van der Waals surface area contributed by atoms with Crippen LogP contribution in [0.25, 0.3) is 0 Å². The van der Waals surface area contributed by atoms with Crippen LogP contribution in [0.15, 0.2) is 0 Å². The third kappa shape index (κ3) is 1.91. The summed E-state index contributed by atoms with van der Waals surface area (Å²) in [6, 6.07) is 0. The van der Waals surface area contributed by atoms with Crippen LogP contribution in [0, 0.1) is 0 Å². The van der Waals surface area contributed by atoms with Gasteiger partial charge in [0.1, 0.15) is 6.10 Å². The van der Waals surface area contributed by atoms with E-state index in [0.717, 1.165) is 0 Å². The average Bonchev–Trinajstić information content (AvgIpc) is 1.99. The van der Waals surface area contributed by atoms with E-state index in [0.29, 0.717) is 26.1 Å². The van der Waals surface area contributed by atoms with Crippen molar-refractivity contribution in [3.05, 3.63) is 0 Å². The predicted octanol–water partition coefficient (Wildman–Crippen LogP) is -0.808. The van der Waals surface area contributed by atoms with E-state index in [-0.39, 0.29) is 12.0 Å². The molecule has 1 fully saturated rings. The average molecular weight is 158 g/mol. The standard InChI is InChI=1S/C7H14N2O2/c1-9-4-5-11-6(2-3-8)7(9)10/h6H,2-5,8H2,1H3. The molecular formula is C7H14N2O2. The summed E-state index contributed by atoms with van der Waals surface area (Å²) in [6.45, 7) is 1.83. The van der Waals surface area contributed by atoms with E-state index in [9.17, 15) is 4.79 Å². The molecule has 0 aromatic heterocycles. The molecule has 1 aliphatic heterocycles. The minimum atomic E-state index is -0.293. The quantitative estimate of drug-likeness (QED) is 0.572. The summed E-state index contributed by atoms with van der Waals surface area (Å²) in [5.41, 5.74) is 5.32. The molecule has 11 heavy (non-hydrogen) atoms. The zero-order chi connectivity index (χ0) is 8.27. The first-order chi connectivity index (χ1) is 5.25. The van der Waals surface area contributed by atoms with Gasteiger partial charge >= 0.3 is 0 Å². The van der Waals surface area contributed by atoms with Crippen molar-refractivity contribution in [2.24, 2.45) is 5.73 Å². The lowest BCUT2D eigenvalue weighted by atomic mass is 10.2. The Hall–Kier alpha value is -0.610. The molecule has 1 rings (SSSR count). The summed E-state index contributed by atoms with van der Waals surface area (Å²) < 4.78 is 5.23. The van der Waals surface area contributed by atoms with Crippen LogP contribution in [-0.4, -0.2) is 43.7 Å². The Labute approximate surface area is 66.3 Å². The van der Waals surface area contributed by atoms with Crippen molar-refractivity contribution >= 4 is 5.91 Å². The molecule has 1 aliphatic rings. The number of morpholine rings is 1. The molecule has 2 N–H and O–H groups in total. The fourth-order valence-electron chi connectivity index (χ4n) is 1.12. The van der Waals surface area contributed by atoms with E-state index in [4.69, 9.17) is 10.5 Å². The SMILES string of the molecule is CN1CCOC(CCN)C1=O. The minimum absolute atomic E-state index is 0.0571. The third-order valence-electron chi connectivity index (χ3n) is 1.83. The van der Waals surface area contributed by atoms with Gasteiger partial charge in [-0.05, 0) is 13.0 Å². The number of amides is 1. The lowest BCUT2D eigenvalue weighted by Gasteiger charge is -2.29. The predicted molar refractivity (Wildman–Crippen MR) is 41.0 cm³/mol. The molecule has 64 valence electrons. The Morgan fingerprint density at radius 1 is 1.82 bits per heavy atom. The van der Waals surface area contributed by atoms with Crippen molar-refractivity contribution in [2.75, 3.05) is 26.7 Å². The third-order valence-corrected chi connectivity index (χ3v) is 1.83. The molecule has 1 amide bonds. The van der Waals surface area contributed by atoms with Crippen LogP contribution in [0.2, 0.25) is 0 Å². The van der Waals surface area contributed by atoms with Crippen LogP contribution in [-0.2, 0) is 9.53 Å². The van der Waals surface area contributed by atoms with E-state index < -0.39 is 0 Å². The molecule has 0 radical (unpaired) electrons. The van der Waals surface area contributed by atoms with Crippen LogP contribution in [0.3, 0.4) is 0 Å². The number of rotatable bonds is 2. The maximum Gasteiger partial charge on any atom is 0.251 e.